The van der Waals surface area contributed by atoms with Crippen molar-refractivity contribution in [3.05, 3.63) is 35.4 Å². The van der Waals surface area contributed by atoms with Crippen LogP contribution in [-0.4, -0.2) is 67.2 Å². The molecular weight excluding hydrogens is 290 g/mol. The lowest BCUT2D eigenvalue weighted by molar-refractivity contribution is 0.0849. The number of hydrogen-bond acceptors (Lipinski definition) is 4. The number of likely N-dealkylation sites (tertiary alicyclic amines) is 1. The summed E-state index contributed by atoms with van der Waals surface area (Å²) < 4.78 is 0. The van der Waals surface area contributed by atoms with E-state index in [2.05, 4.69) is 15.1 Å². The average molecular weight is 319 g/mol. The SMILES string of the molecule is CN(C)Cc1cccc(C(=O)NCCN2CCCC[C@H]2CO)c1. The third-order valence-corrected chi connectivity index (χ3v) is 4.33. The van der Waals surface area contributed by atoms with Gasteiger partial charge in [-0.15, -0.1) is 0 Å². The van der Waals surface area contributed by atoms with Gasteiger partial charge in [0.15, 0.2) is 0 Å². The molecule has 1 amide bonds. The van der Waals surface area contributed by atoms with Gasteiger partial charge in [-0.05, 0) is 51.2 Å². The van der Waals surface area contributed by atoms with Crippen LogP contribution in [0.1, 0.15) is 35.2 Å². The highest BCUT2D eigenvalue weighted by Crippen LogP contribution is 2.15. The number of benzene rings is 1. The fourth-order valence-corrected chi connectivity index (χ4v) is 3.15. The Labute approximate surface area is 139 Å². The number of piperidine rings is 1. The first kappa shape index (κ1) is 17.9. The van der Waals surface area contributed by atoms with Gasteiger partial charge >= 0.3 is 0 Å². The van der Waals surface area contributed by atoms with Gasteiger partial charge in [-0.3, -0.25) is 9.69 Å². The third kappa shape index (κ3) is 5.61. The summed E-state index contributed by atoms with van der Waals surface area (Å²) in [5, 5.41) is 12.4. The number of rotatable bonds is 7. The fraction of sp³-hybridized carbons (Fsp3) is 0.611. The largest absolute Gasteiger partial charge is 0.395 e. The van der Waals surface area contributed by atoms with Crippen LogP contribution in [0.25, 0.3) is 0 Å². The quantitative estimate of drug-likeness (QED) is 0.796. The van der Waals surface area contributed by atoms with Crippen LogP contribution < -0.4 is 5.32 Å². The van der Waals surface area contributed by atoms with Gasteiger partial charge in [0, 0.05) is 31.2 Å². The fourth-order valence-electron chi connectivity index (χ4n) is 3.15. The van der Waals surface area contributed by atoms with E-state index in [0.717, 1.165) is 31.6 Å². The van der Waals surface area contributed by atoms with Crippen molar-refractivity contribution >= 4 is 5.91 Å². The molecule has 0 aromatic heterocycles. The van der Waals surface area contributed by atoms with Crippen LogP contribution in [0.4, 0.5) is 0 Å². The van der Waals surface area contributed by atoms with Gasteiger partial charge in [-0.2, -0.15) is 0 Å². The summed E-state index contributed by atoms with van der Waals surface area (Å²) in [5.74, 6) is -0.0248. The summed E-state index contributed by atoms with van der Waals surface area (Å²) in [6.45, 7) is 3.47. The molecule has 0 aliphatic carbocycles. The summed E-state index contributed by atoms with van der Waals surface area (Å²) in [4.78, 5) is 16.7. The highest BCUT2D eigenvalue weighted by Gasteiger charge is 2.21. The van der Waals surface area contributed by atoms with E-state index in [0.29, 0.717) is 12.1 Å². The summed E-state index contributed by atoms with van der Waals surface area (Å²) in [6, 6.07) is 8.03. The van der Waals surface area contributed by atoms with E-state index in [4.69, 9.17) is 0 Å². The molecule has 0 saturated carbocycles. The van der Waals surface area contributed by atoms with Crippen molar-refractivity contribution in [3.63, 3.8) is 0 Å². The number of nitrogens with zero attached hydrogens (tertiary/aromatic N) is 2. The van der Waals surface area contributed by atoms with Gasteiger partial charge in [-0.1, -0.05) is 18.6 Å². The van der Waals surface area contributed by atoms with Crippen LogP contribution in [0.3, 0.4) is 0 Å². The molecule has 0 radical (unpaired) electrons. The molecule has 1 heterocycles. The highest BCUT2D eigenvalue weighted by molar-refractivity contribution is 5.94. The Balaban J connectivity index is 1.82. The van der Waals surface area contributed by atoms with Crippen LogP contribution >= 0.6 is 0 Å². The smallest absolute Gasteiger partial charge is 0.251 e. The molecule has 1 aromatic carbocycles. The minimum atomic E-state index is -0.0248. The maximum absolute atomic E-state index is 12.3. The van der Waals surface area contributed by atoms with Crippen molar-refractivity contribution in [2.45, 2.75) is 31.8 Å². The zero-order valence-electron chi connectivity index (χ0n) is 14.3. The summed E-state index contributed by atoms with van der Waals surface area (Å²) in [7, 11) is 4.03. The van der Waals surface area contributed by atoms with Crippen LogP contribution in [0.2, 0.25) is 0 Å². The number of aliphatic hydroxyl groups excluding tert-OH is 1. The molecule has 1 atom stereocenters. The molecule has 5 nitrogen and oxygen atoms in total. The number of carbonyl (C=O) groups is 1. The molecule has 1 fully saturated rings. The predicted octanol–water partition coefficient (Wildman–Crippen LogP) is 1.32. The van der Waals surface area contributed by atoms with E-state index in [9.17, 15) is 9.90 Å². The molecule has 1 saturated heterocycles. The Hall–Kier alpha value is -1.43. The van der Waals surface area contributed by atoms with Gasteiger partial charge in [-0.25, -0.2) is 0 Å². The van der Waals surface area contributed by atoms with Crippen molar-refractivity contribution in [2.75, 3.05) is 40.3 Å². The van der Waals surface area contributed by atoms with Crippen LogP contribution in [-0.2, 0) is 6.54 Å². The molecule has 0 unspecified atom stereocenters. The first-order valence-electron chi connectivity index (χ1n) is 8.47. The summed E-state index contributed by atoms with van der Waals surface area (Å²) in [6.07, 6.45) is 3.42. The van der Waals surface area contributed by atoms with Gasteiger partial charge in [0.2, 0.25) is 0 Å². The van der Waals surface area contributed by atoms with Crippen molar-refractivity contribution in [2.24, 2.45) is 0 Å². The lowest BCUT2D eigenvalue weighted by Crippen LogP contribution is -2.45. The molecule has 0 spiro atoms. The molecule has 128 valence electrons. The Bertz CT molecular complexity index is 505. The Morgan fingerprint density at radius 3 is 2.96 bits per heavy atom. The topological polar surface area (TPSA) is 55.8 Å². The molecule has 23 heavy (non-hydrogen) atoms. The minimum absolute atomic E-state index is 0.0248. The first-order valence-corrected chi connectivity index (χ1v) is 8.47. The lowest BCUT2D eigenvalue weighted by atomic mass is 10.0. The average Bonchev–Trinajstić information content (AvgIpc) is 2.55. The van der Waals surface area contributed by atoms with Crippen molar-refractivity contribution < 1.29 is 9.90 Å². The minimum Gasteiger partial charge on any atom is -0.395 e. The maximum atomic E-state index is 12.3. The summed E-state index contributed by atoms with van der Waals surface area (Å²) >= 11 is 0. The number of nitrogens with one attached hydrogen (secondary N) is 1. The predicted molar refractivity (Wildman–Crippen MR) is 92.5 cm³/mol. The van der Waals surface area contributed by atoms with E-state index in [1.54, 1.807) is 0 Å². The Morgan fingerprint density at radius 2 is 2.22 bits per heavy atom. The van der Waals surface area contributed by atoms with Crippen LogP contribution in [0.15, 0.2) is 24.3 Å². The monoisotopic (exact) mass is 319 g/mol. The molecule has 2 N–H and O–H groups in total. The molecule has 0 bridgehead atoms. The van der Waals surface area contributed by atoms with Crippen molar-refractivity contribution in [1.29, 1.82) is 0 Å². The summed E-state index contributed by atoms with van der Waals surface area (Å²) in [5.41, 5.74) is 1.85. The standard InChI is InChI=1S/C18H29N3O2/c1-20(2)13-15-6-5-7-16(12-15)18(23)19-9-11-21-10-4-3-8-17(21)14-22/h5-7,12,17,22H,3-4,8-11,13-14H2,1-2H3,(H,19,23)/t17-/m0/s1. The van der Waals surface area contributed by atoms with E-state index in [1.807, 2.05) is 38.4 Å². The van der Waals surface area contributed by atoms with E-state index in [-0.39, 0.29) is 18.6 Å². The second-order valence-corrected chi connectivity index (χ2v) is 6.56. The number of amides is 1. The number of carbonyl (C=O) groups excluding carboxylic acids is 1. The molecular formula is C18H29N3O2. The van der Waals surface area contributed by atoms with Crippen molar-refractivity contribution in [3.8, 4) is 0 Å². The number of aliphatic hydroxyl groups is 1. The molecule has 5 heteroatoms. The van der Waals surface area contributed by atoms with Crippen LogP contribution in [0.5, 0.6) is 0 Å². The number of hydrogen-bond donors (Lipinski definition) is 2. The van der Waals surface area contributed by atoms with E-state index in [1.165, 1.54) is 12.8 Å². The van der Waals surface area contributed by atoms with Gasteiger partial charge in [0.25, 0.3) is 5.91 Å². The van der Waals surface area contributed by atoms with Crippen LogP contribution in [0, 0.1) is 0 Å². The van der Waals surface area contributed by atoms with Gasteiger partial charge in [0.1, 0.15) is 0 Å². The zero-order chi connectivity index (χ0) is 16.7. The Kier molecular flexibility index (Phi) is 7.02. The van der Waals surface area contributed by atoms with Gasteiger partial charge < -0.3 is 15.3 Å². The normalized spacial score (nSPS) is 19.0. The Morgan fingerprint density at radius 1 is 1.39 bits per heavy atom. The second kappa shape index (κ2) is 9.01. The lowest BCUT2D eigenvalue weighted by Gasteiger charge is -2.34. The van der Waals surface area contributed by atoms with E-state index >= 15 is 0 Å². The second-order valence-electron chi connectivity index (χ2n) is 6.56. The molecule has 2 rings (SSSR count). The van der Waals surface area contributed by atoms with Gasteiger partial charge in [0.05, 0.1) is 6.61 Å². The molecule has 1 aliphatic heterocycles. The highest BCUT2D eigenvalue weighted by atomic mass is 16.3. The molecule has 1 aliphatic rings. The zero-order valence-corrected chi connectivity index (χ0v) is 14.3. The first-order chi connectivity index (χ1) is 11.1. The van der Waals surface area contributed by atoms with E-state index < -0.39 is 0 Å². The maximum Gasteiger partial charge on any atom is 0.251 e. The van der Waals surface area contributed by atoms with Crippen molar-refractivity contribution in [1.82, 2.24) is 15.1 Å². The third-order valence-electron chi connectivity index (χ3n) is 4.33. The molecule has 1 aromatic rings.